The standard InChI is InChI=1S/C15H23IN2O3/c1-14(2)5-7-15(21-4,8-6-14)13-17-10(9-20-3)11(16)12(19)18-13/h5-9H2,1-4H3,(H,17,18,19). The number of aromatic amines is 1. The number of hydrogen-bond donors (Lipinski definition) is 1. The van der Waals surface area contributed by atoms with Crippen LogP contribution in [0.4, 0.5) is 0 Å². The van der Waals surface area contributed by atoms with E-state index >= 15 is 0 Å². The molecule has 1 aromatic heterocycles. The maximum atomic E-state index is 12.1. The molecule has 1 heterocycles. The van der Waals surface area contributed by atoms with E-state index in [9.17, 15) is 4.79 Å². The first-order chi connectivity index (χ1) is 9.83. The van der Waals surface area contributed by atoms with Crippen molar-refractivity contribution in [3.8, 4) is 0 Å². The Kier molecular flexibility index (Phi) is 5.10. The molecule has 1 aliphatic carbocycles. The molecule has 0 bridgehead atoms. The smallest absolute Gasteiger partial charge is 0.264 e. The van der Waals surface area contributed by atoms with Gasteiger partial charge in [-0.15, -0.1) is 0 Å². The van der Waals surface area contributed by atoms with Gasteiger partial charge in [-0.25, -0.2) is 4.98 Å². The summed E-state index contributed by atoms with van der Waals surface area (Å²) in [4.78, 5) is 19.7. The number of nitrogens with one attached hydrogen (secondary N) is 1. The average molecular weight is 406 g/mol. The quantitative estimate of drug-likeness (QED) is 0.782. The summed E-state index contributed by atoms with van der Waals surface area (Å²) in [5.41, 5.74) is 0.398. The molecule has 0 amide bonds. The molecule has 6 heteroatoms. The Hall–Kier alpha value is -0.470. The maximum Gasteiger partial charge on any atom is 0.264 e. The van der Waals surface area contributed by atoms with E-state index in [1.807, 2.05) is 22.6 Å². The third kappa shape index (κ3) is 3.48. The van der Waals surface area contributed by atoms with Gasteiger partial charge in [0.25, 0.3) is 5.56 Å². The van der Waals surface area contributed by atoms with Gasteiger partial charge < -0.3 is 14.5 Å². The van der Waals surface area contributed by atoms with Crippen LogP contribution in [0.15, 0.2) is 4.79 Å². The third-order valence-electron chi connectivity index (χ3n) is 4.45. The number of hydrogen-bond acceptors (Lipinski definition) is 4. The van der Waals surface area contributed by atoms with Gasteiger partial charge in [0.2, 0.25) is 0 Å². The lowest BCUT2D eigenvalue weighted by atomic mass is 9.70. The van der Waals surface area contributed by atoms with Crippen molar-refractivity contribution in [2.24, 2.45) is 5.41 Å². The van der Waals surface area contributed by atoms with E-state index in [0.717, 1.165) is 25.7 Å². The molecule has 0 aromatic carbocycles. The van der Waals surface area contributed by atoms with E-state index < -0.39 is 5.60 Å². The predicted molar refractivity (Wildman–Crippen MR) is 89.2 cm³/mol. The minimum Gasteiger partial charge on any atom is -0.378 e. The van der Waals surface area contributed by atoms with E-state index in [1.165, 1.54) is 0 Å². The largest absolute Gasteiger partial charge is 0.378 e. The molecule has 0 unspecified atom stereocenters. The second-order valence-electron chi connectivity index (χ2n) is 6.47. The summed E-state index contributed by atoms with van der Waals surface area (Å²) < 4.78 is 11.5. The van der Waals surface area contributed by atoms with E-state index in [-0.39, 0.29) is 5.56 Å². The van der Waals surface area contributed by atoms with Gasteiger partial charge in [0.15, 0.2) is 0 Å². The summed E-state index contributed by atoms with van der Waals surface area (Å²) in [6, 6.07) is 0. The zero-order chi connectivity index (χ0) is 15.7. The van der Waals surface area contributed by atoms with Gasteiger partial charge in [-0.05, 0) is 53.7 Å². The Morgan fingerprint density at radius 3 is 2.38 bits per heavy atom. The third-order valence-corrected chi connectivity index (χ3v) is 5.56. The molecule has 21 heavy (non-hydrogen) atoms. The van der Waals surface area contributed by atoms with Gasteiger partial charge in [-0.3, -0.25) is 4.79 Å². The number of rotatable bonds is 4. The summed E-state index contributed by atoms with van der Waals surface area (Å²) >= 11 is 2.01. The molecular weight excluding hydrogens is 383 g/mol. The zero-order valence-corrected chi connectivity index (χ0v) is 15.2. The van der Waals surface area contributed by atoms with Crippen LogP contribution in [-0.2, 0) is 21.7 Å². The minimum atomic E-state index is -0.485. The molecule has 1 aromatic rings. The monoisotopic (exact) mass is 406 g/mol. The molecule has 0 saturated heterocycles. The molecule has 2 rings (SSSR count). The highest BCUT2D eigenvalue weighted by atomic mass is 127. The molecule has 1 fully saturated rings. The summed E-state index contributed by atoms with van der Waals surface area (Å²) in [5.74, 6) is 0.637. The Bertz CT molecular complexity index is 559. The molecule has 0 atom stereocenters. The van der Waals surface area contributed by atoms with Crippen molar-refractivity contribution in [2.45, 2.75) is 51.7 Å². The van der Waals surface area contributed by atoms with Crippen LogP contribution in [0.2, 0.25) is 0 Å². The number of ether oxygens (including phenoxy) is 2. The maximum absolute atomic E-state index is 12.1. The fourth-order valence-electron chi connectivity index (χ4n) is 2.82. The molecule has 0 aliphatic heterocycles. The second-order valence-corrected chi connectivity index (χ2v) is 7.55. The summed E-state index contributed by atoms with van der Waals surface area (Å²) in [7, 11) is 3.31. The number of H-pyrrole nitrogens is 1. The lowest BCUT2D eigenvalue weighted by Gasteiger charge is -2.41. The van der Waals surface area contributed by atoms with E-state index in [0.29, 0.717) is 27.1 Å². The van der Waals surface area contributed by atoms with Crippen LogP contribution in [0, 0.1) is 8.99 Å². The van der Waals surface area contributed by atoms with Crippen LogP contribution in [0.3, 0.4) is 0 Å². The Balaban J connectivity index is 2.41. The normalized spacial score (nSPS) is 20.4. The van der Waals surface area contributed by atoms with Crippen molar-refractivity contribution in [1.29, 1.82) is 0 Å². The first-order valence-corrected chi connectivity index (χ1v) is 8.25. The van der Waals surface area contributed by atoms with Crippen LogP contribution in [-0.4, -0.2) is 24.2 Å². The number of aromatic nitrogens is 2. The highest BCUT2D eigenvalue weighted by molar-refractivity contribution is 14.1. The van der Waals surface area contributed by atoms with E-state index in [2.05, 4.69) is 23.8 Å². The summed E-state index contributed by atoms with van der Waals surface area (Å²) in [6.07, 6.45) is 3.84. The number of nitrogens with zero attached hydrogens (tertiary/aromatic N) is 1. The Labute approximate surface area is 139 Å². The van der Waals surface area contributed by atoms with Crippen molar-refractivity contribution in [2.75, 3.05) is 14.2 Å². The van der Waals surface area contributed by atoms with Crippen LogP contribution >= 0.6 is 22.6 Å². The first kappa shape index (κ1) is 16.9. The van der Waals surface area contributed by atoms with Crippen LogP contribution in [0.5, 0.6) is 0 Å². The molecular formula is C15H23IN2O3. The van der Waals surface area contributed by atoms with Gasteiger partial charge in [0, 0.05) is 14.2 Å². The zero-order valence-electron chi connectivity index (χ0n) is 13.1. The van der Waals surface area contributed by atoms with E-state index in [4.69, 9.17) is 9.47 Å². The van der Waals surface area contributed by atoms with E-state index in [1.54, 1.807) is 14.2 Å². The summed E-state index contributed by atoms with van der Waals surface area (Å²) in [6.45, 7) is 4.88. The van der Waals surface area contributed by atoms with Crippen molar-refractivity contribution < 1.29 is 9.47 Å². The topological polar surface area (TPSA) is 64.2 Å². The van der Waals surface area contributed by atoms with Crippen molar-refractivity contribution in [3.63, 3.8) is 0 Å². The van der Waals surface area contributed by atoms with Gasteiger partial charge in [0.1, 0.15) is 15.0 Å². The van der Waals surface area contributed by atoms with Crippen LogP contribution < -0.4 is 5.56 Å². The molecule has 118 valence electrons. The minimum absolute atomic E-state index is 0.117. The average Bonchev–Trinajstić information content (AvgIpc) is 2.44. The molecule has 0 spiro atoms. The lowest BCUT2D eigenvalue weighted by molar-refractivity contribution is -0.0733. The predicted octanol–water partition coefficient (Wildman–Crippen LogP) is 2.96. The molecule has 0 radical (unpaired) electrons. The molecule has 1 saturated carbocycles. The first-order valence-electron chi connectivity index (χ1n) is 7.17. The fraction of sp³-hybridized carbons (Fsp3) is 0.733. The molecule has 1 aliphatic rings. The van der Waals surface area contributed by atoms with Crippen LogP contribution in [0.1, 0.15) is 51.0 Å². The number of methoxy groups -OCH3 is 2. The van der Waals surface area contributed by atoms with Crippen molar-refractivity contribution in [3.05, 3.63) is 25.4 Å². The van der Waals surface area contributed by atoms with Gasteiger partial charge in [0.05, 0.1) is 12.3 Å². The van der Waals surface area contributed by atoms with Gasteiger partial charge >= 0.3 is 0 Å². The Morgan fingerprint density at radius 1 is 1.24 bits per heavy atom. The van der Waals surface area contributed by atoms with Gasteiger partial charge in [-0.2, -0.15) is 0 Å². The molecule has 1 N–H and O–H groups in total. The highest BCUT2D eigenvalue weighted by Crippen LogP contribution is 2.45. The van der Waals surface area contributed by atoms with Crippen molar-refractivity contribution >= 4 is 22.6 Å². The fourth-order valence-corrected chi connectivity index (χ4v) is 3.23. The molecule has 5 nitrogen and oxygen atoms in total. The van der Waals surface area contributed by atoms with Crippen LogP contribution in [0.25, 0.3) is 0 Å². The van der Waals surface area contributed by atoms with Crippen molar-refractivity contribution in [1.82, 2.24) is 9.97 Å². The summed E-state index contributed by atoms with van der Waals surface area (Å²) in [5, 5.41) is 0. The number of halogens is 1. The van der Waals surface area contributed by atoms with Gasteiger partial charge in [-0.1, -0.05) is 13.8 Å². The SMILES string of the molecule is COCc1nc(C2(OC)CCC(C)(C)CC2)[nH]c(=O)c1I. The lowest BCUT2D eigenvalue weighted by Crippen LogP contribution is -2.39. The Morgan fingerprint density at radius 2 is 1.86 bits per heavy atom. The highest BCUT2D eigenvalue weighted by Gasteiger charge is 2.42. The second kappa shape index (κ2) is 6.34.